The maximum Gasteiger partial charge on any atom is 0.325 e. The molecule has 1 aliphatic rings. The summed E-state index contributed by atoms with van der Waals surface area (Å²) in [5.74, 6) is -0.194. The third-order valence-corrected chi connectivity index (χ3v) is 2.23. The molecule has 3 amide bonds. The number of ether oxygens (including phenoxy) is 1. The van der Waals surface area contributed by atoms with Gasteiger partial charge in [-0.15, -0.1) is 0 Å². The molecular formula is C11H23N2O4+. The Kier molecular flexibility index (Phi) is 6.75. The van der Waals surface area contributed by atoms with Crippen molar-refractivity contribution in [3.63, 3.8) is 0 Å². The minimum Gasteiger partial charge on any atom is -0.438 e. The largest absolute Gasteiger partial charge is 0.438 e. The van der Waals surface area contributed by atoms with Crippen LogP contribution < -0.4 is 5.32 Å². The van der Waals surface area contributed by atoms with Crippen LogP contribution in [-0.2, 0) is 4.79 Å². The topological polar surface area (TPSA) is 82.4 Å². The number of hydrogen-bond donors (Lipinski definition) is 2. The van der Waals surface area contributed by atoms with Crippen molar-refractivity contribution in [1.82, 2.24) is 10.2 Å². The molecule has 0 atom stereocenters. The molecule has 6 nitrogen and oxygen atoms in total. The number of unbranched alkanes of at least 4 members (excludes halogenated alkanes) is 1. The zero-order valence-electron chi connectivity index (χ0n) is 11.0. The summed E-state index contributed by atoms with van der Waals surface area (Å²) >= 11 is 0. The van der Waals surface area contributed by atoms with E-state index in [9.17, 15) is 9.59 Å². The molecule has 0 aromatic rings. The molecule has 0 aromatic heterocycles. The van der Waals surface area contributed by atoms with Crippen molar-refractivity contribution in [1.29, 1.82) is 0 Å². The molecule has 100 valence electrons. The Balaban J connectivity index is 0.000000770. The quantitative estimate of drug-likeness (QED) is 0.412. The zero-order chi connectivity index (χ0) is 13.5. The summed E-state index contributed by atoms with van der Waals surface area (Å²) in [7, 11) is 3.50. The van der Waals surface area contributed by atoms with Crippen molar-refractivity contribution in [2.24, 2.45) is 0 Å². The fraction of sp³-hybridized carbons (Fsp3) is 0.818. The molecule has 17 heavy (non-hydrogen) atoms. The minimum absolute atomic E-state index is 0.0903. The van der Waals surface area contributed by atoms with Gasteiger partial charge in [-0.25, -0.2) is 4.79 Å². The molecule has 6 heteroatoms. The van der Waals surface area contributed by atoms with Gasteiger partial charge in [0.1, 0.15) is 19.8 Å². The van der Waals surface area contributed by atoms with E-state index in [1.807, 2.05) is 0 Å². The number of imide groups is 1. The highest BCUT2D eigenvalue weighted by atomic mass is 16.4. The third kappa shape index (κ3) is 4.70. The van der Waals surface area contributed by atoms with Crippen LogP contribution in [-0.4, -0.2) is 59.6 Å². The molecule has 0 saturated carbocycles. The van der Waals surface area contributed by atoms with Crippen LogP contribution >= 0.6 is 0 Å². The van der Waals surface area contributed by atoms with Crippen LogP contribution in [0, 0.1) is 0 Å². The molecule has 1 aliphatic heterocycles. The maximum atomic E-state index is 11.6. The van der Waals surface area contributed by atoms with Gasteiger partial charge in [-0.3, -0.25) is 9.69 Å². The number of carbonyl (C=O) groups is 2. The van der Waals surface area contributed by atoms with E-state index in [-0.39, 0.29) is 18.5 Å². The smallest absolute Gasteiger partial charge is 0.325 e. The Morgan fingerprint density at radius 1 is 1.29 bits per heavy atom. The lowest BCUT2D eigenvalue weighted by molar-refractivity contribution is -0.130. The van der Waals surface area contributed by atoms with Crippen LogP contribution in [0.5, 0.6) is 0 Å². The second kappa shape index (κ2) is 7.24. The van der Waals surface area contributed by atoms with Crippen LogP contribution in [0.15, 0.2) is 0 Å². The Morgan fingerprint density at radius 2 is 1.82 bits per heavy atom. The van der Waals surface area contributed by atoms with Crippen LogP contribution in [0.2, 0.25) is 0 Å². The molecule has 0 unspecified atom stereocenters. The van der Waals surface area contributed by atoms with Crippen LogP contribution in [0.4, 0.5) is 4.79 Å². The van der Waals surface area contributed by atoms with Gasteiger partial charge in [0.15, 0.2) is 0 Å². The van der Waals surface area contributed by atoms with E-state index < -0.39 is 5.54 Å². The maximum absolute atomic E-state index is 11.6. The predicted molar refractivity (Wildman–Crippen MR) is 64.7 cm³/mol. The van der Waals surface area contributed by atoms with Gasteiger partial charge in [-0.2, -0.15) is 0 Å². The number of aliphatic hydroxyl groups is 3. The molecular weight excluding hydrogens is 224 g/mol. The number of aliphatic hydroxyl groups excluding tert-OH is 1. The molecule has 0 bridgehead atoms. The van der Waals surface area contributed by atoms with E-state index in [1.165, 1.54) is 4.90 Å². The first kappa shape index (κ1) is 15.9. The van der Waals surface area contributed by atoms with Crippen molar-refractivity contribution < 1.29 is 19.4 Å². The fourth-order valence-corrected chi connectivity index (χ4v) is 1.40. The molecule has 0 radical (unpaired) electrons. The number of nitrogens with one attached hydrogen (secondary N) is 1. The van der Waals surface area contributed by atoms with Gasteiger partial charge in [-0.05, 0) is 26.7 Å². The molecule has 1 rings (SSSR count). The van der Waals surface area contributed by atoms with E-state index in [4.69, 9.17) is 5.11 Å². The highest BCUT2D eigenvalue weighted by Gasteiger charge is 2.43. The van der Waals surface area contributed by atoms with Crippen LogP contribution in [0.1, 0.15) is 26.7 Å². The summed E-state index contributed by atoms with van der Waals surface area (Å²) in [5, 5.41) is 11.2. The number of hydrogen-bond acceptors (Lipinski definition) is 3. The predicted octanol–water partition coefficient (Wildman–Crippen LogP) is -0.137. The van der Waals surface area contributed by atoms with Crippen molar-refractivity contribution in [2.45, 2.75) is 32.2 Å². The Bertz CT molecular complexity index is 266. The van der Waals surface area contributed by atoms with Crippen LogP contribution in [0.3, 0.4) is 0 Å². The van der Waals surface area contributed by atoms with Crippen molar-refractivity contribution in [2.75, 3.05) is 27.4 Å². The number of carbonyl (C=O) groups excluding carboxylic acids is 2. The first-order valence-electron chi connectivity index (χ1n) is 5.63. The number of rotatable bonds is 4. The van der Waals surface area contributed by atoms with E-state index in [0.29, 0.717) is 19.4 Å². The fourth-order valence-electron chi connectivity index (χ4n) is 1.40. The van der Waals surface area contributed by atoms with E-state index >= 15 is 0 Å². The third-order valence-electron chi connectivity index (χ3n) is 2.23. The molecule has 1 fully saturated rings. The minimum atomic E-state index is -0.781. The molecule has 3 N–H and O–H groups in total. The summed E-state index contributed by atoms with van der Waals surface area (Å²) in [4.78, 5) is 24.1. The molecule has 1 heterocycles. The summed E-state index contributed by atoms with van der Waals surface area (Å²) in [5.41, 5.74) is -0.781. The molecule has 0 aromatic carbocycles. The molecule has 0 spiro atoms. The number of nitrogens with zero attached hydrogens (tertiary/aromatic N) is 1. The second-order valence-electron chi connectivity index (χ2n) is 4.39. The van der Waals surface area contributed by atoms with Gasteiger partial charge in [-0.1, -0.05) is 0 Å². The van der Waals surface area contributed by atoms with Crippen molar-refractivity contribution >= 4 is 11.9 Å². The van der Waals surface area contributed by atoms with E-state index in [1.54, 1.807) is 28.1 Å². The van der Waals surface area contributed by atoms with Crippen molar-refractivity contribution in [3.8, 4) is 0 Å². The number of urea groups is 1. The Morgan fingerprint density at radius 3 is 2.18 bits per heavy atom. The van der Waals surface area contributed by atoms with Crippen LogP contribution in [0.25, 0.3) is 0 Å². The average molecular weight is 247 g/mol. The van der Waals surface area contributed by atoms with Crippen molar-refractivity contribution in [3.05, 3.63) is 0 Å². The monoisotopic (exact) mass is 247 g/mol. The van der Waals surface area contributed by atoms with E-state index in [2.05, 4.69) is 10.1 Å². The summed E-state index contributed by atoms with van der Waals surface area (Å²) < 4.78 is 3.50. The standard InChI is InChI=1S/C9H16N2O3.C2H6O/c1-9(2)7(13)11(8(14)10-9)5-3-4-6-12;1-3-2/h12H,3-6H2,1-2H3,(H,10,14);1-2H3/p+1. The lowest BCUT2D eigenvalue weighted by Gasteiger charge is -2.15. The lowest BCUT2D eigenvalue weighted by Crippen LogP contribution is -2.40. The Labute approximate surface area is 102 Å². The van der Waals surface area contributed by atoms with Gasteiger partial charge in [0, 0.05) is 13.2 Å². The van der Waals surface area contributed by atoms with Gasteiger partial charge in [0.05, 0.1) is 0 Å². The summed E-state index contributed by atoms with van der Waals surface area (Å²) in [6, 6.07) is -0.335. The lowest BCUT2D eigenvalue weighted by atomic mass is 10.1. The first-order valence-corrected chi connectivity index (χ1v) is 5.63. The van der Waals surface area contributed by atoms with E-state index in [0.717, 1.165) is 0 Å². The Hall–Kier alpha value is -1.14. The van der Waals surface area contributed by atoms with Gasteiger partial charge >= 0.3 is 6.03 Å². The van der Waals surface area contributed by atoms with Gasteiger partial charge in [0.2, 0.25) is 0 Å². The second-order valence-corrected chi connectivity index (χ2v) is 4.39. The summed E-state index contributed by atoms with van der Waals surface area (Å²) in [6.45, 7) is 3.83. The highest BCUT2D eigenvalue weighted by molar-refractivity contribution is 6.06. The SMILES string of the molecule is CC1(C)NC(=O)N(CCCCO)C1=O.C[OH+]C. The molecule has 1 saturated heterocycles. The first-order chi connectivity index (χ1) is 7.90. The summed E-state index contributed by atoms with van der Waals surface area (Å²) in [6.07, 6.45) is 1.25. The van der Waals surface area contributed by atoms with Gasteiger partial charge in [0.25, 0.3) is 5.91 Å². The zero-order valence-corrected chi connectivity index (χ0v) is 11.0. The van der Waals surface area contributed by atoms with Gasteiger partial charge < -0.3 is 15.2 Å². The number of amides is 3. The highest BCUT2D eigenvalue weighted by Crippen LogP contribution is 2.16. The molecule has 0 aliphatic carbocycles. The average Bonchev–Trinajstić information content (AvgIpc) is 2.41. The normalized spacial score (nSPS) is 17.6.